The van der Waals surface area contributed by atoms with E-state index in [2.05, 4.69) is 10.3 Å². The van der Waals surface area contributed by atoms with Gasteiger partial charge in [-0.05, 0) is 25.7 Å². The van der Waals surface area contributed by atoms with E-state index in [1.165, 1.54) is 0 Å². The molecule has 1 N–H and O–H groups in total. The van der Waals surface area contributed by atoms with Crippen LogP contribution in [0.1, 0.15) is 37.4 Å². The maximum absolute atomic E-state index is 9.03. The average molecular weight is 253 g/mol. The largest absolute Gasteiger partial charge is 0.390 e. The first-order chi connectivity index (χ1) is 8.81. The molecular formula is C12H19N3O3. The predicted octanol–water partition coefficient (Wildman–Crippen LogP) is 0.671. The molecule has 3 heterocycles. The SMILES string of the molecule is OCc1cn(C2CCOC3(CCOCC3)C2)nn1. The summed E-state index contributed by atoms with van der Waals surface area (Å²) in [4.78, 5) is 0. The highest BCUT2D eigenvalue weighted by Crippen LogP contribution is 2.38. The van der Waals surface area contributed by atoms with Crippen LogP contribution in [0.3, 0.4) is 0 Å². The monoisotopic (exact) mass is 253 g/mol. The van der Waals surface area contributed by atoms with E-state index >= 15 is 0 Å². The molecule has 100 valence electrons. The van der Waals surface area contributed by atoms with Crippen molar-refractivity contribution in [2.24, 2.45) is 0 Å². The van der Waals surface area contributed by atoms with Gasteiger partial charge in [0.1, 0.15) is 5.69 Å². The van der Waals surface area contributed by atoms with E-state index in [4.69, 9.17) is 14.6 Å². The van der Waals surface area contributed by atoms with Crippen molar-refractivity contribution in [3.05, 3.63) is 11.9 Å². The van der Waals surface area contributed by atoms with Crippen LogP contribution in [0.5, 0.6) is 0 Å². The van der Waals surface area contributed by atoms with Crippen molar-refractivity contribution >= 4 is 0 Å². The second kappa shape index (κ2) is 4.95. The van der Waals surface area contributed by atoms with E-state index in [1.54, 1.807) is 0 Å². The lowest BCUT2D eigenvalue weighted by atomic mass is 9.84. The minimum absolute atomic E-state index is 0.0352. The van der Waals surface area contributed by atoms with Gasteiger partial charge in [0.15, 0.2) is 0 Å². The minimum Gasteiger partial charge on any atom is -0.390 e. The molecule has 0 radical (unpaired) electrons. The lowest BCUT2D eigenvalue weighted by molar-refractivity contribution is -0.145. The minimum atomic E-state index is -0.0534. The molecule has 2 aliphatic heterocycles. The highest BCUT2D eigenvalue weighted by molar-refractivity contribution is 4.95. The first-order valence-electron chi connectivity index (χ1n) is 6.55. The van der Waals surface area contributed by atoms with Crippen LogP contribution in [0.4, 0.5) is 0 Å². The lowest BCUT2D eigenvalue weighted by Gasteiger charge is -2.43. The van der Waals surface area contributed by atoms with E-state index < -0.39 is 0 Å². The molecule has 2 saturated heterocycles. The zero-order valence-electron chi connectivity index (χ0n) is 10.4. The maximum atomic E-state index is 9.03. The van der Waals surface area contributed by atoms with E-state index in [-0.39, 0.29) is 12.2 Å². The number of rotatable bonds is 2. The summed E-state index contributed by atoms with van der Waals surface area (Å²) in [6, 6.07) is 0.324. The van der Waals surface area contributed by atoms with Gasteiger partial charge in [-0.3, -0.25) is 0 Å². The fourth-order valence-corrected chi connectivity index (χ4v) is 2.88. The zero-order chi connectivity index (χ0) is 12.4. The molecule has 2 aliphatic rings. The predicted molar refractivity (Wildman–Crippen MR) is 63.0 cm³/mol. The Hall–Kier alpha value is -0.980. The smallest absolute Gasteiger partial charge is 0.108 e. The van der Waals surface area contributed by atoms with E-state index in [9.17, 15) is 0 Å². The van der Waals surface area contributed by atoms with Crippen molar-refractivity contribution in [3.8, 4) is 0 Å². The van der Waals surface area contributed by atoms with Gasteiger partial charge in [0.25, 0.3) is 0 Å². The topological polar surface area (TPSA) is 69.4 Å². The molecule has 0 bridgehead atoms. The third-order valence-corrected chi connectivity index (χ3v) is 3.96. The van der Waals surface area contributed by atoms with Gasteiger partial charge >= 0.3 is 0 Å². The van der Waals surface area contributed by atoms with Crippen LogP contribution in [0, 0.1) is 0 Å². The molecule has 6 nitrogen and oxygen atoms in total. The molecule has 0 aromatic carbocycles. The normalized spacial score (nSPS) is 27.5. The Balaban J connectivity index is 1.73. The average Bonchev–Trinajstić information content (AvgIpc) is 2.88. The number of aromatic nitrogens is 3. The van der Waals surface area contributed by atoms with Crippen LogP contribution >= 0.6 is 0 Å². The molecule has 18 heavy (non-hydrogen) atoms. The summed E-state index contributed by atoms with van der Waals surface area (Å²) in [6.07, 6.45) is 5.68. The fraction of sp³-hybridized carbons (Fsp3) is 0.833. The standard InChI is InChI=1S/C12H19N3O3/c16-9-10-8-15(14-13-10)11-1-4-18-12(7-11)2-5-17-6-3-12/h8,11,16H,1-7,9H2. The molecular weight excluding hydrogens is 234 g/mol. The molecule has 1 aromatic heterocycles. The summed E-state index contributed by atoms with van der Waals surface area (Å²) >= 11 is 0. The number of hydrogen-bond donors (Lipinski definition) is 1. The van der Waals surface area contributed by atoms with Crippen LogP contribution in [-0.4, -0.2) is 45.5 Å². The first kappa shape index (κ1) is 12.1. The molecule has 1 atom stereocenters. The van der Waals surface area contributed by atoms with Crippen LogP contribution in [0.2, 0.25) is 0 Å². The van der Waals surface area contributed by atoms with Crippen molar-refractivity contribution in [2.75, 3.05) is 19.8 Å². The molecule has 1 aromatic rings. The van der Waals surface area contributed by atoms with Crippen molar-refractivity contribution < 1.29 is 14.6 Å². The Morgan fingerprint density at radius 3 is 2.94 bits per heavy atom. The maximum Gasteiger partial charge on any atom is 0.108 e. The van der Waals surface area contributed by atoms with Crippen molar-refractivity contribution in [3.63, 3.8) is 0 Å². The Morgan fingerprint density at radius 1 is 1.39 bits per heavy atom. The molecule has 6 heteroatoms. The summed E-state index contributed by atoms with van der Waals surface area (Å²) < 4.78 is 13.3. The van der Waals surface area contributed by atoms with E-state index in [1.807, 2.05) is 10.9 Å². The van der Waals surface area contributed by atoms with Gasteiger partial charge < -0.3 is 14.6 Å². The van der Waals surface area contributed by atoms with Crippen molar-refractivity contribution in [2.45, 2.75) is 43.9 Å². The Morgan fingerprint density at radius 2 is 2.22 bits per heavy atom. The first-order valence-corrected chi connectivity index (χ1v) is 6.55. The molecule has 0 amide bonds. The third-order valence-electron chi connectivity index (χ3n) is 3.96. The second-order valence-corrected chi connectivity index (χ2v) is 5.14. The summed E-state index contributed by atoms with van der Waals surface area (Å²) in [5.74, 6) is 0. The lowest BCUT2D eigenvalue weighted by Crippen LogP contribution is -2.44. The van der Waals surface area contributed by atoms with Gasteiger partial charge in [0, 0.05) is 19.8 Å². The Labute approximate surface area is 106 Å². The molecule has 3 rings (SSSR count). The highest BCUT2D eigenvalue weighted by atomic mass is 16.5. The number of ether oxygens (including phenoxy) is 2. The third kappa shape index (κ3) is 2.28. The Bertz CT molecular complexity index is 396. The quantitative estimate of drug-likeness (QED) is 0.839. The number of nitrogens with zero attached hydrogens (tertiary/aromatic N) is 3. The molecule has 1 unspecified atom stereocenters. The zero-order valence-corrected chi connectivity index (χ0v) is 10.4. The van der Waals surface area contributed by atoms with Gasteiger partial charge in [-0.1, -0.05) is 5.21 Å². The summed E-state index contributed by atoms with van der Waals surface area (Å²) in [5, 5.41) is 17.1. The van der Waals surface area contributed by atoms with Crippen LogP contribution in [-0.2, 0) is 16.1 Å². The molecule has 1 spiro atoms. The Kier molecular flexibility index (Phi) is 3.32. The van der Waals surface area contributed by atoms with E-state index in [0.29, 0.717) is 11.7 Å². The second-order valence-electron chi connectivity index (χ2n) is 5.14. The fourth-order valence-electron chi connectivity index (χ4n) is 2.88. The van der Waals surface area contributed by atoms with Gasteiger partial charge in [-0.2, -0.15) is 0 Å². The van der Waals surface area contributed by atoms with Gasteiger partial charge in [0.2, 0.25) is 0 Å². The van der Waals surface area contributed by atoms with E-state index in [0.717, 1.165) is 45.5 Å². The number of aliphatic hydroxyl groups is 1. The van der Waals surface area contributed by atoms with Gasteiger partial charge in [-0.15, -0.1) is 5.10 Å². The van der Waals surface area contributed by atoms with Crippen LogP contribution in [0.25, 0.3) is 0 Å². The summed E-state index contributed by atoms with van der Waals surface area (Å²) in [6.45, 7) is 2.28. The number of hydrogen-bond acceptors (Lipinski definition) is 5. The molecule has 2 fully saturated rings. The van der Waals surface area contributed by atoms with Crippen molar-refractivity contribution in [1.29, 1.82) is 0 Å². The summed E-state index contributed by atoms with van der Waals surface area (Å²) in [5.41, 5.74) is 0.592. The van der Waals surface area contributed by atoms with Crippen LogP contribution in [0.15, 0.2) is 6.20 Å². The summed E-state index contributed by atoms with van der Waals surface area (Å²) in [7, 11) is 0. The highest BCUT2D eigenvalue weighted by Gasteiger charge is 2.39. The number of aliphatic hydroxyl groups excluding tert-OH is 1. The molecule has 0 saturated carbocycles. The van der Waals surface area contributed by atoms with Crippen molar-refractivity contribution in [1.82, 2.24) is 15.0 Å². The van der Waals surface area contributed by atoms with Crippen LogP contribution < -0.4 is 0 Å². The van der Waals surface area contributed by atoms with Gasteiger partial charge in [0.05, 0.1) is 24.4 Å². The van der Waals surface area contributed by atoms with Gasteiger partial charge in [-0.25, -0.2) is 4.68 Å². The molecule has 0 aliphatic carbocycles.